The van der Waals surface area contributed by atoms with Gasteiger partial charge in [-0.25, -0.2) is 19.9 Å². The molecule has 11 aromatic carbocycles. The number of fused-ring (bicyclic) bond motifs is 5. The Hall–Kier alpha value is -10.2. The lowest BCUT2D eigenvalue weighted by Gasteiger charge is -2.28. The van der Waals surface area contributed by atoms with Crippen LogP contribution >= 0.6 is 0 Å². The fraction of sp³-hybridized carbons (Fsp3) is 0. The zero-order valence-corrected chi connectivity index (χ0v) is 39.7. The van der Waals surface area contributed by atoms with Crippen LogP contribution in [0, 0.1) is 0 Å². The van der Waals surface area contributed by atoms with Gasteiger partial charge in [0.25, 0.3) is 0 Å². The van der Waals surface area contributed by atoms with E-state index in [-0.39, 0.29) is 0 Å². The van der Waals surface area contributed by atoms with Gasteiger partial charge in [-0.1, -0.05) is 121 Å². The van der Waals surface area contributed by atoms with Gasteiger partial charge in [0.15, 0.2) is 11.2 Å². The van der Waals surface area contributed by atoms with Gasteiger partial charge in [-0.3, -0.25) is 0 Å². The second-order valence-electron chi connectivity index (χ2n) is 18.2. The lowest BCUT2D eigenvalue weighted by Crippen LogP contribution is -2.11. The van der Waals surface area contributed by atoms with Crippen LogP contribution in [-0.2, 0) is 0 Å². The Morgan fingerprint density at radius 2 is 0.595 bits per heavy atom. The van der Waals surface area contributed by atoms with Gasteiger partial charge in [0, 0.05) is 55.8 Å². The van der Waals surface area contributed by atoms with Crippen LogP contribution in [0.25, 0.3) is 100 Å². The monoisotopic (exact) mass is 950 g/mol. The van der Waals surface area contributed by atoms with Crippen molar-refractivity contribution in [1.82, 2.24) is 19.9 Å². The molecule has 0 saturated carbocycles. The van der Waals surface area contributed by atoms with E-state index in [0.29, 0.717) is 11.8 Å². The van der Waals surface area contributed by atoms with Gasteiger partial charge in [0.2, 0.25) is 11.8 Å². The van der Waals surface area contributed by atoms with Gasteiger partial charge >= 0.3 is 0 Å². The van der Waals surface area contributed by atoms with Crippen molar-refractivity contribution in [2.45, 2.75) is 0 Å². The normalized spacial score (nSPS) is 11.5. The first-order valence-electron chi connectivity index (χ1n) is 24.6. The summed E-state index contributed by atoms with van der Waals surface area (Å²) in [4.78, 5) is 25.2. The molecule has 0 saturated heterocycles. The number of hydrogen-bond acceptors (Lipinski definition) is 8. The average Bonchev–Trinajstić information content (AvgIpc) is 4.13. The molecule has 0 bridgehead atoms. The summed E-state index contributed by atoms with van der Waals surface area (Å²) in [5.74, 6) is 1.18. The third-order valence-electron chi connectivity index (χ3n) is 13.7. The standard InChI is InChI=1S/C66H42N6O2/c1-3-17-45(18-4-1)71(47-35-31-43(32-36-47)65-69-57-27-13-15-29-61(57)73-65)59-41-39-53(49-21-7-9-23-51(49)59)63-64(68-56-26-12-11-25-55(56)67-63)54-40-42-60(52-24-10-8-22-50(52)54)72(46-19-5-2-6-20-46)48-37-33-44(34-38-48)66-70-58-28-14-16-30-62(58)74-66/h1-42H. The highest BCUT2D eigenvalue weighted by Crippen LogP contribution is 2.47. The zero-order chi connectivity index (χ0) is 49.0. The summed E-state index contributed by atoms with van der Waals surface area (Å²) in [6.45, 7) is 0. The van der Waals surface area contributed by atoms with Crippen LogP contribution in [0.3, 0.4) is 0 Å². The molecule has 0 N–H and O–H groups in total. The van der Waals surface area contributed by atoms with Crippen LogP contribution in [0.2, 0.25) is 0 Å². The summed E-state index contributed by atoms with van der Waals surface area (Å²) in [5.41, 5.74) is 16.3. The second kappa shape index (κ2) is 17.9. The number of oxazole rings is 2. The minimum atomic E-state index is 0.588. The first-order valence-corrected chi connectivity index (χ1v) is 24.6. The lowest BCUT2D eigenvalue weighted by atomic mass is 9.93. The fourth-order valence-electron chi connectivity index (χ4n) is 10.3. The summed E-state index contributed by atoms with van der Waals surface area (Å²) in [5, 5.41) is 4.24. The third-order valence-corrected chi connectivity index (χ3v) is 13.7. The molecule has 3 heterocycles. The topological polar surface area (TPSA) is 84.3 Å². The number of benzene rings is 11. The number of nitrogens with zero attached hydrogens (tertiary/aromatic N) is 6. The maximum Gasteiger partial charge on any atom is 0.227 e. The molecule has 0 radical (unpaired) electrons. The molecule has 14 rings (SSSR count). The number of para-hydroxylation sites is 8. The first kappa shape index (κ1) is 42.7. The largest absolute Gasteiger partial charge is 0.436 e. The SMILES string of the molecule is c1ccc(N(c2ccc(-c3nc4ccccc4o3)cc2)c2ccc(-c3nc4ccccc4nc3-c3ccc(N(c4ccccc4)c4ccc(-c5nc6ccccc6o5)cc4)c4ccccc34)c3ccccc23)cc1. The maximum atomic E-state index is 6.16. The van der Waals surface area contributed by atoms with Gasteiger partial charge in [-0.05, 0) is 144 Å². The van der Waals surface area contributed by atoms with E-state index in [4.69, 9.17) is 28.8 Å². The molecule has 0 atom stereocenters. The zero-order valence-electron chi connectivity index (χ0n) is 39.7. The predicted octanol–water partition coefficient (Wildman–Crippen LogP) is 17.8. The molecule has 0 aliphatic rings. The van der Waals surface area contributed by atoms with Crippen molar-refractivity contribution in [3.63, 3.8) is 0 Å². The molecule has 348 valence electrons. The molecular formula is C66H42N6O2. The van der Waals surface area contributed by atoms with E-state index in [9.17, 15) is 0 Å². The number of anilines is 6. The Balaban J connectivity index is 0.906. The van der Waals surface area contributed by atoms with Crippen molar-refractivity contribution in [3.8, 4) is 45.4 Å². The van der Waals surface area contributed by atoms with Crippen LogP contribution in [0.1, 0.15) is 0 Å². The van der Waals surface area contributed by atoms with Crippen molar-refractivity contribution in [2.24, 2.45) is 0 Å². The minimum absolute atomic E-state index is 0.588. The van der Waals surface area contributed by atoms with E-state index in [1.807, 2.05) is 84.9 Å². The van der Waals surface area contributed by atoms with E-state index < -0.39 is 0 Å². The average molecular weight is 951 g/mol. The van der Waals surface area contributed by atoms with Gasteiger partial charge in [0.1, 0.15) is 11.0 Å². The second-order valence-corrected chi connectivity index (χ2v) is 18.2. The summed E-state index contributed by atoms with van der Waals surface area (Å²) >= 11 is 0. The number of hydrogen-bond donors (Lipinski definition) is 0. The van der Waals surface area contributed by atoms with E-state index >= 15 is 0 Å². The van der Waals surface area contributed by atoms with Gasteiger partial charge in [-0.15, -0.1) is 0 Å². The lowest BCUT2D eigenvalue weighted by molar-refractivity contribution is 0.619. The van der Waals surface area contributed by atoms with Crippen molar-refractivity contribution in [3.05, 3.63) is 255 Å². The smallest absolute Gasteiger partial charge is 0.227 e. The van der Waals surface area contributed by atoms with Gasteiger partial charge in [0.05, 0.1) is 33.8 Å². The van der Waals surface area contributed by atoms with E-state index in [1.165, 1.54) is 0 Å². The van der Waals surface area contributed by atoms with Crippen LogP contribution in [0.15, 0.2) is 264 Å². The van der Waals surface area contributed by atoms with Crippen LogP contribution in [0.4, 0.5) is 34.1 Å². The van der Waals surface area contributed by atoms with E-state index in [0.717, 1.165) is 123 Å². The number of rotatable bonds is 10. The molecule has 0 fully saturated rings. The highest BCUT2D eigenvalue weighted by Gasteiger charge is 2.24. The van der Waals surface area contributed by atoms with E-state index in [2.05, 4.69) is 180 Å². The van der Waals surface area contributed by atoms with Crippen molar-refractivity contribution in [1.29, 1.82) is 0 Å². The number of aromatic nitrogens is 4. The Labute approximate surface area is 425 Å². The summed E-state index contributed by atoms with van der Waals surface area (Å²) < 4.78 is 12.3. The molecule has 8 nitrogen and oxygen atoms in total. The Morgan fingerprint density at radius 1 is 0.257 bits per heavy atom. The molecule has 74 heavy (non-hydrogen) atoms. The van der Waals surface area contributed by atoms with Gasteiger partial charge < -0.3 is 18.6 Å². The molecule has 3 aromatic heterocycles. The Morgan fingerprint density at radius 3 is 1.00 bits per heavy atom. The molecule has 0 aliphatic heterocycles. The van der Waals surface area contributed by atoms with Crippen LogP contribution in [-0.4, -0.2) is 19.9 Å². The van der Waals surface area contributed by atoms with Crippen molar-refractivity contribution >= 4 is 88.9 Å². The Kier molecular flexibility index (Phi) is 10.3. The molecule has 14 aromatic rings. The summed E-state index contributed by atoms with van der Waals surface area (Å²) in [6.07, 6.45) is 0. The minimum Gasteiger partial charge on any atom is -0.436 e. The highest BCUT2D eigenvalue weighted by atomic mass is 16.4. The van der Waals surface area contributed by atoms with E-state index in [1.54, 1.807) is 0 Å². The van der Waals surface area contributed by atoms with Crippen LogP contribution in [0.5, 0.6) is 0 Å². The molecule has 0 spiro atoms. The summed E-state index contributed by atoms with van der Waals surface area (Å²) in [6, 6.07) is 87.8. The molecule has 0 amide bonds. The van der Waals surface area contributed by atoms with Crippen LogP contribution < -0.4 is 9.80 Å². The molecule has 8 heteroatoms. The summed E-state index contributed by atoms with van der Waals surface area (Å²) in [7, 11) is 0. The maximum absolute atomic E-state index is 6.16. The first-order chi connectivity index (χ1) is 36.7. The van der Waals surface area contributed by atoms with Crippen molar-refractivity contribution < 1.29 is 8.83 Å². The fourth-order valence-corrected chi connectivity index (χ4v) is 10.3. The Bertz CT molecular complexity index is 4030. The molecular weight excluding hydrogens is 909 g/mol. The van der Waals surface area contributed by atoms with Crippen molar-refractivity contribution in [2.75, 3.05) is 9.80 Å². The quantitative estimate of drug-likeness (QED) is 0.134. The molecule has 0 aliphatic carbocycles. The van der Waals surface area contributed by atoms with Gasteiger partial charge in [-0.2, -0.15) is 0 Å². The molecule has 0 unspecified atom stereocenters. The third kappa shape index (κ3) is 7.48. The highest BCUT2D eigenvalue weighted by molar-refractivity contribution is 6.11. The predicted molar refractivity (Wildman–Crippen MR) is 301 cm³/mol.